The Bertz CT molecular complexity index is 540. The lowest BCUT2D eigenvalue weighted by molar-refractivity contribution is 0.434. The third-order valence-electron chi connectivity index (χ3n) is 2.11. The van der Waals surface area contributed by atoms with Crippen LogP contribution >= 0.6 is 0 Å². The number of nitrogens with two attached hydrogens (primary N) is 1. The summed E-state index contributed by atoms with van der Waals surface area (Å²) in [5.41, 5.74) is 7.02. The molecule has 14 heavy (non-hydrogen) atoms. The molecule has 0 aromatic carbocycles. The maximum atomic E-state index is 11.1. The highest BCUT2D eigenvalue weighted by atomic mass is 16.3. The van der Waals surface area contributed by atoms with E-state index in [0.717, 1.165) is 11.6 Å². The minimum Gasteiger partial charge on any atom is -0.493 e. The fraction of sp³-hybridized carbons (Fsp3) is 0.250. The quantitative estimate of drug-likeness (QED) is 0.570. The predicted octanol–water partition coefficient (Wildman–Crippen LogP) is -0.505. The number of nitrogens with one attached hydrogen (secondary N) is 1. The van der Waals surface area contributed by atoms with Crippen molar-refractivity contribution < 1.29 is 5.11 Å². The van der Waals surface area contributed by atoms with Gasteiger partial charge in [-0.25, -0.2) is 0 Å². The molecule has 2 rings (SSSR count). The van der Waals surface area contributed by atoms with Gasteiger partial charge in [-0.3, -0.25) is 4.79 Å². The van der Waals surface area contributed by atoms with Gasteiger partial charge in [0, 0.05) is 12.1 Å². The van der Waals surface area contributed by atoms with Crippen LogP contribution in [0.2, 0.25) is 0 Å². The van der Waals surface area contributed by atoms with Crippen LogP contribution in [0, 0.1) is 6.92 Å². The molecule has 2 aromatic rings. The van der Waals surface area contributed by atoms with Crippen molar-refractivity contribution in [2.75, 3.05) is 0 Å². The number of H-pyrrole nitrogens is 1. The summed E-state index contributed by atoms with van der Waals surface area (Å²) >= 11 is 0. The molecular formula is C8H10N4O2. The number of fused-ring (bicyclic) bond motifs is 1. The van der Waals surface area contributed by atoms with Crippen molar-refractivity contribution in [2.24, 2.45) is 5.73 Å². The minimum atomic E-state index is -0.371. The van der Waals surface area contributed by atoms with Crippen LogP contribution < -0.4 is 11.3 Å². The Kier molecular flexibility index (Phi) is 1.78. The summed E-state index contributed by atoms with van der Waals surface area (Å²) in [6.45, 7) is 2.04. The Balaban J connectivity index is 2.95. The predicted molar refractivity (Wildman–Crippen MR) is 50.1 cm³/mol. The lowest BCUT2D eigenvalue weighted by Gasteiger charge is -1.96. The first-order valence-corrected chi connectivity index (χ1v) is 4.14. The zero-order valence-electron chi connectivity index (χ0n) is 7.61. The number of rotatable bonds is 1. The number of hydrogen-bond donors (Lipinski definition) is 3. The second-order valence-corrected chi connectivity index (χ2v) is 3.02. The van der Waals surface area contributed by atoms with E-state index in [1.54, 1.807) is 6.92 Å². The molecule has 0 saturated carbocycles. The van der Waals surface area contributed by atoms with Gasteiger partial charge < -0.3 is 15.8 Å². The summed E-state index contributed by atoms with van der Waals surface area (Å²) < 4.78 is 1.26. The van der Waals surface area contributed by atoms with E-state index in [1.807, 2.05) is 0 Å². The smallest absolute Gasteiger partial charge is 0.254 e. The van der Waals surface area contributed by atoms with Crippen LogP contribution in [0.25, 0.3) is 5.65 Å². The van der Waals surface area contributed by atoms with E-state index in [0.29, 0.717) is 11.3 Å². The van der Waals surface area contributed by atoms with Crippen molar-refractivity contribution in [1.82, 2.24) is 14.6 Å². The van der Waals surface area contributed by atoms with Gasteiger partial charge in [0.15, 0.2) is 0 Å². The molecule has 0 aliphatic heterocycles. The molecule has 0 atom stereocenters. The summed E-state index contributed by atoms with van der Waals surface area (Å²) in [7, 11) is 0. The average molecular weight is 194 g/mol. The zero-order valence-corrected chi connectivity index (χ0v) is 7.61. The molecule has 0 fully saturated rings. The van der Waals surface area contributed by atoms with Crippen molar-refractivity contribution in [2.45, 2.75) is 13.5 Å². The largest absolute Gasteiger partial charge is 0.493 e. The van der Waals surface area contributed by atoms with Gasteiger partial charge in [0.1, 0.15) is 5.65 Å². The Morgan fingerprint density at radius 1 is 1.71 bits per heavy atom. The summed E-state index contributed by atoms with van der Waals surface area (Å²) in [4.78, 5) is 13.7. The van der Waals surface area contributed by atoms with Gasteiger partial charge in [-0.1, -0.05) is 0 Å². The van der Waals surface area contributed by atoms with Crippen LogP contribution in [0.1, 0.15) is 11.3 Å². The normalized spacial score (nSPS) is 11.0. The molecule has 6 heteroatoms. The third kappa shape index (κ3) is 1.08. The molecule has 2 heterocycles. The maximum Gasteiger partial charge on any atom is 0.254 e. The number of nitrogens with zero attached hydrogens (tertiary/aromatic N) is 2. The first-order chi connectivity index (χ1) is 6.63. The van der Waals surface area contributed by atoms with E-state index in [-0.39, 0.29) is 18.0 Å². The van der Waals surface area contributed by atoms with E-state index in [4.69, 9.17) is 5.73 Å². The van der Waals surface area contributed by atoms with Crippen LogP contribution in [0.5, 0.6) is 5.88 Å². The molecular weight excluding hydrogens is 184 g/mol. The van der Waals surface area contributed by atoms with Gasteiger partial charge in [0.2, 0.25) is 5.88 Å². The molecule has 6 nitrogen and oxygen atoms in total. The van der Waals surface area contributed by atoms with E-state index in [1.165, 1.54) is 4.52 Å². The lowest BCUT2D eigenvalue weighted by Crippen LogP contribution is -2.08. The molecule has 0 aliphatic rings. The molecule has 0 saturated heterocycles. The Morgan fingerprint density at radius 2 is 2.43 bits per heavy atom. The highest BCUT2D eigenvalue weighted by Gasteiger charge is 2.11. The highest BCUT2D eigenvalue weighted by molar-refractivity contribution is 5.50. The van der Waals surface area contributed by atoms with Gasteiger partial charge in [0.25, 0.3) is 5.56 Å². The van der Waals surface area contributed by atoms with E-state index >= 15 is 0 Å². The fourth-order valence-corrected chi connectivity index (χ4v) is 1.43. The Hall–Kier alpha value is -1.82. The Labute approximate surface area is 79.0 Å². The number of hydrogen-bond acceptors (Lipinski definition) is 4. The van der Waals surface area contributed by atoms with Crippen molar-refractivity contribution in [3.63, 3.8) is 0 Å². The molecule has 2 aromatic heterocycles. The molecule has 0 spiro atoms. The minimum absolute atomic E-state index is 0.188. The number of aryl methyl sites for hydroxylation is 1. The fourth-order valence-electron chi connectivity index (χ4n) is 1.43. The monoisotopic (exact) mass is 194 g/mol. The first-order valence-electron chi connectivity index (χ1n) is 4.14. The van der Waals surface area contributed by atoms with Gasteiger partial charge in [-0.15, -0.1) is 0 Å². The maximum absolute atomic E-state index is 11.1. The van der Waals surface area contributed by atoms with Gasteiger partial charge in [0.05, 0.1) is 11.8 Å². The van der Waals surface area contributed by atoms with E-state index in [9.17, 15) is 9.90 Å². The SMILES string of the molecule is Cc1nn2c(O)cc(=O)[nH]c2c1CN. The Morgan fingerprint density at radius 3 is 3.07 bits per heavy atom. The van der Waals surface area contributed by atoms with Crippen LogP contribution in [-0.2, 0) is 6.54 Å². The van der Waals surface area contributed by atoms with Crippen LogP contribution in [0.4, 0.5) is 0 Å². The first kappa shape index (κ1) is 8.76. The second-order valence-electron chi connectivity index (χ2n) is 3.02. The van der Waals surface area contributed by atoms with Crippen LogP contribution in [0.15, 0.2) is 10.9 Å². The lowest BCUT2D eigenvalue weighted by atomic mass is 10.2. The van der Waals surface area contributed by atoms with Crippen molar-refractivity contribution in [3.8, 4) is 5.88 Å². The standard InChI is InChI=1S/C8H10N4O2/c1-4-5(3-9)8-10-6(13)2-7(14)12(8)11-4/h2,14H,3,9H2,1H3,(H,10,13). The number of aromatic amines is 1. The van der Waals surface area contributed by atoms with Gasteiger partial charge in [-0.05, 0) is 6.92 Å². The summed E-state index contributed by atoms with van der Waals surface area (Å²) in [5, 5.41) is 13.5. The zero-order chi connectivity index (χ0) is 10.3. The number of aromatic hydroxyl groups is 1. The molecule has 0 amide bonds. The molecule has 4 N–H and O–H groups in total. The molecule has 0 aliphatic carbocycles. The van der Waals surface area contributed by atoms with Crippen molar-refractivity contribution >= 4 is 5.65 Å². The van der Waals surface area contributed by atoms with Crippen molar-refractivity contribution in [1.29, 1.82) is 0 Å². The molecule has 0 unspecified atom stereocenters. The number of aromatic nitrogens is 3. The average Bonchev–Trinajstić information content (AvgIpc) is 2.41. The van der Waals surface area contributed by atoms with Crippen molar-refractivity contribution in [3.05, 3.63) is 27.7 Å². The van der Waals surface area contributed by atoms with Gasteiger partial charge in [-0.2, -0.15) is 9.61 Å². The summed E-state index contributed by atoms with van der Waals surface area (Å²) in [5.74, 6) is -0.188. The third-order valence-corrected chi connectivity index (χ3v) is 2.11. The molecule has 74 valence electrons. The van der Waals surface area contributed by atoms with E-state index < -0.39 is 0 Å². The summed E-state index contributed by atoms with van der Waals surface area (Å²) in [6, 6.07) is 1.07. The van der Waals surface area contributed by atoms with Crippen LogP contribution in [-0.4, -0.2) is 19.7 Å². The van der Waals surface area contributed by atoms with Crippen LogP contribution in [0.3, 0.4) is 0 Å². The second kappa shape index (κ2) is 2.85. The molecule has 0 radical (unpaired) electrons. The highest BCUT2D eigenvalue weighted by Crippen LogP contribution is 2.15. The summed E-state index contributed by atoms with van der Waals surface area (Å²) in [6.07, 6.45) is 0. The molecule has 0 bridgehead atoms. The van der Waals surface area contributed by atoms with E-state index in [2.05, 4.69) is 10.1 Å². The topological polar surface area (TPSA) is 96.4 Å². The van der Waals surface area contributed by atoms with Gasteiger partial charge >= 0.3 is 0 Å².